The van der Waals surface area contributed by atoms with Crippen LogP contribution in [0.2, 0.25) is 0 Å². The Balaban J connectivity index is 1.12. The number of rotatable bonds is 7. The standard InChI is InChI=1S/C30H34N4O2/c1-23(25-10-6-3-7-11-25)34-22-26(20-29(34)35)30(36)31-27-12-14-28(15-13-27)33-18-16-32(17-19-33)21-24-8-4-2-5-9-24/h2-15,23,26H,16-22H2,1H3,(H,31,36)/t23-,26-/m0/s1. The molecule has 6 nitrogen and oxygen atoms in total. The predicted molar refractivity (Wildman–Crippen MR) is 144 cm³/mol. The highest BCUT2D eigenvalue weighted by Gasteiger charge is 2.37. The first-order valence-electron chi connectivity index (χ1n) is 12.8. The summed E-state index contributed by atoms with van der Waals surface area (Å²) >= 11 is 0. The molecule has 3 aromatic rings. The first-order valence-corrected chi connectivity index (χ1v) is 12.8. The molecule has 2 aliphatic heterocycles. The second kappa shape index (κ2) is 11.0. The summed E-state index contributed by atoms with van der Waals surface area (Å²) in [6, 6.07) is 28.6. The molecule has 6 heteroatoms. The van der Waals surface area contributed by atoms with Crippen molar-refractivity contribution in [2.75, 3.05) is 42.9 Å². The van der Waals surface area contributed by atoms with Gasteiger partial charge in [0, 0.05) is 57.1 Å². The van der Waals surface area contributed by atoms with Gasteiger partial charge in [-0.3, -0.25) is 14.5 Å². The van der Waals surface area contributed by atoms with Crippen LogP contribution in [0.1, 0.15) is 30.5 Å². The lowest BCUT2D eigenvalue weighted by Gasteiger charge is -2.36. The maximum Gasteiger partial charge on any atom is 0.229 e. The molecule has 2 atom stereocenters. The van der Waals surface area contributed by atoms with Gasteiger partial charge < -0.3 is 15.1 Å². The second-order valence-electron chi connectivity index (χ2n) is 9.82. The van der Waals surface area contributed by atoms with Gasteiger partial charge in [0.1, 0.15) is 0 Å². The van der Waals surface area contributed by atoms with Gasteiger partial charge in [0.2, 0.25) is 11.8 Å². The van der Waals surface area contributed by atoms with E-state index in [1.165, 1.54) is 11.3 Å². The first kappa shape index (κ1) is 24.1. The summed E-state index contributed by atoms with van der Waals surface area (Å²) in [5.74, 6) is -0.386. The molecule has 0 unspecified atom stereocenters. The zero-order chi connectivity index (χ0) is 24.9. The van der Waals surface area contributed by atoms with Crippen molar-refractivity contribution in [2.24, 2.45) is 5.92 Å². The Bertz CT molecular complexity index is 1160. The van der Waals surface area contributed by atoms with Crippen molar-refractivity contribution in [1.82, 2.24) is 9.80 Å². The van der Waals surface area contributed by atoms with E-state index >= 15 is 0 Å². The van der Waals surface area contributed by atoms with Crippen LogP contribution in [0.4, 0.5) is 11.4 Å². The van der Waals surface area contributed by atoms with E-state index in [0.717, 1.165) is 44.0 Å². The third kappa shape index (κ3) is 5.60. The number of carbonyl (C=O) groups is 2. The Hall–Kier alpha value is -3.64. The largest absolute Gasteiger partial charge is 0.369 e. The molecule has 2 amide bonds. The minimum Gasteiger partial charge on any atom is -0.369 e. The highest BCUT2D eigenvalue weighted by Crippen LogP contribution is 2.29. The smallest absolute Gasteiger partial charge is 0.229 e. The van der Waals surface area contributed by atoms with Crippen molar-refractivity contribution in [3.63, 3.8) is 0 Å². The van der Waals surface area contributed by atoms with Crippen LogP contribution in [0.15, 0.2) is 84.9 Å². The van der Waals surface area contributed by atoms with E-state index < -0.39 is 0 Å². The normalized spacial score (nSPS) is 19.4. The highest BCUT2D eigenvalue weighted by atomic mass is 16.2. The average Bonchev–Trinajstić information content (AvgIpc) is 3.32. The van der Waals surface area contributed by atoms with E-state index in [4.69, 9.17) is 0 Å². The molecule has 3 aromatic carbocycles. The van der Waals surface area contributed by atoms with Crippen molar-refractivity contribution < 1.29 is 9.59 Å². The molecule has 5 rings (SSSR count). The number of nitrogens with zero attached hydrogens (tertiary/aromatic N) is 3. The average molecular weight is 483 g/mol. The van der Waals surface area contributed by atoms with Crippen molar-refractivity contribution >= 4 is 23.2 Å². The molecule has 0 aromatic heterocycles. The van der Waals surface area contributed by atoms with Crippen molar-refractivity contribution in [2.45, 2.75) is 25.9 Å². The molecule has 0 radical (unpaired) electrons. The van der Waals surface area contributed by atoms with Crippen LogP contribution in [0.3, 0.4) is 0 Å². The number of carbonyl (C=O) groups excluding carboxylic acids is 2. The van der Waals surface area contributed by atoms with Crippen LogP contribution in [0.5, 0.6) is 0 Å². The third-order valence-electron chi connectivity index (χ3n) is 7.40. The van der Waals surface area contributed by atoms with Gasteiger partial charge in [-0.2, -0.15) is 0 Å². The van der Waals surface area contributed by atoms with Crippen molar-refractivity contribution in [3.8, 4) is 0 Å². The number of likely N-dealkylation sites (tertiary alicyclic amines) is 1. The van der Waals surface area contributed by atoms with Crippen LogP contribution < -0.4 is 10.2 Å². The van der Waals surface area contributed by atoms with E-state index in [0.29, 0.717) is 6.54 Å². The van der Waals surface area contributed by atoms with E-state index in [1.54, 1.807) is 0 Å². The molecule has 0 spiro atoms. The number of anilines is 2. The predicted octanol–water partition coefficient (Wildman–Crippen LogP) is 4.56. The fourth-order valence-electron chi connectivity index (χ4n) is 5.20. The Morgan fingerprint density at radius 3 is 2.19 bits per heavy atom. The second-order valence-corrected chi connectivity index (χ2v) is 9.82. The molecule has 0 aliphatic carbocycles. The molecular formula is C30H34N4O2. The van der Waals surface area contributed by atoms with Crippen molar-refractivity contribution in [1.29, 1.82) is 0 Å². The van der Waals surface area contributed by atoms with Crippen LogP contribution in [-0.2, 0) is 16.1 Å². The van der Waals surface area contributed by atoms with E-state index in [1.807, 2.05) is 54.3 Å². The van der Waals surface area contributed by atoms with Gasteiger partial charge in [0.25, 0.3) is 0 Å². The SMILES string of the molecule is C[C@@H](c1ccccc1)N1C[C@@H](C(=O)Nc2ccc(N3CCN(Cc4ccccc4)CC3)cc2)CC1=O. The molecule has 2 aliphatic rings. The lowest BCUT2D eigenvalue weighted by molar-refractivity contribution is -0.129. The summed E-state index contributed by atoms with van der Waals surface area (Å²) in [6.07, 6.45) is 0.258. The fourth-order valence-corrected chi connectivity index (χ4v) is 5.20. The zero-order valence-corrected chi connectivity index (χ0v) is 20.8. The Kier molecular flexibility index (Phi) is 7.33. The number of nitrogens with one attached hydrogen (secondary N) is 1. The molecule has 2 saturated heterocycles. The Morgan fingerprint density at radius 1 is 0.889 bits per heavy atom. The molecule has 36 heavy (non-hydrogen) atoms. The topological polar surface area (TPSA) is 55.9 Å². The molecule has 0 bridgehead atoms. The number of hydrogen-bond acceptors (Lipinski definition) is 4. The molecule has 186 valence electrons. The molecule has 2 heterocycles. The summed E-state index contributed by atoms with van der Waals surface area (Å²) in [7, 11) is 0. The Morgan fingerprint density at radius 2 is 1.53 bits per heavy atom. The Labute approximate surface area is 213 Å². The quantitative estimate of drug-likeness (QED) is 0.537. The van der Waals surface area contributed by atoms with Gasteiger partial charge in [0.15, 0.2) is 0 Å². The lowest BCUT2D eigenvalue weighted by atomic mass is 10.1. The number of piperazine rings is 1. The minimum absolute atomic E-state index is 0.0354. The van der Waals surface area contributed by atoms with Gasteiger partial charge in [-0.15, -0.1) is 0 Å². The van der Waals surface area contributed by atoms with Crippen LogP contribution in [0, 0.1) is 5.92 Å². The van der Waals surface area contributed by atoms with Crippen molar-refractivity contribution in [3.05, 3.63) is 96.1 Å². The lowest BCUT2D eigenvalue weighted by Crippen LogP contribution is -2.45. The summed E-state index contributed by atoms with van der Waals surface area (Å²) in [5.41, 5.74) is 4.38. The van der Waals surface area contributed by atoms with Gasteiger partial charge >= 0.3 is 0 Å². The number of hydrogen-bond donors (Lipinski definition) is 1. The van der Waals surface area contributed by atoms with Crippen LogP contribution >= 0.6 is 0 Å². The molecule has 2 fully saturated rings. The zero-order valence-electron chi connectivity index (χ0n) is 20.8. The summed E-state index contributed by atoms with van der Waals surface area (Å²) in [6.45, 7) is 7.49. The van der Waals surface area contributed by atoms with Gasteiger partial charge in [-0.25, -0.2) is 0 Å². The maximum atomic E-state index is 12.9. The van der Waals surface area contributed by atoms with Crippen LogP contribution in [-0.4, -0.2) is 54.3 Å². The minimum atomic E-state index is -0.332. The highest BCUT2D eigenvalue weighted by molar-refractivity contribution is 5.97. The van der Waals surface area contributed by atoms with E-state index in [2.05, 4.69) is 57.6 Å². The van der Waals surface area contributed by atoms with Gasteiger partial charge in [-0.1, -0.05) is 60.7 Å². The summed E-state index contributed by atoms with van der Waals surface area (Å²) in [4.78, 5) is 32.3. The molecule has 1 N–H and O–H groups in total. The monoisotopic (exact) mass is 482 g/mol. The first-order chi connectivity index (χ1) is 17.6. The number of benzene rings is 3. The van der Waals surface area contributed by atoms with Gasteiger partial charge in [0.05, 0.1) is 12.0 Å². The van der Waals surface area contributed by atoms with E-state index in [-0.39, 0.29) is 30.2 Å². The van der Waals surface area contributed by atoms with E-state index in [9.17, 15) is 9.59 Å². The summed E-state index contributed by atoms with van der Waals surface area (Å²) in [5, 5.41) is 3.02. The summed E-state index contributed by atoms with van der Waals surface area (Å²) < 4.78 is 0. The van der Waals surface area contributed by atoms with Crippen LogP contribution in [0.25, 0.3) is 0 Å². The molecular weight excluding hydrogens is 448 g/mol. The number of amides is 2. The van der Waals surface area contributed by atoms with Gasteiger partial charge in [-0.05, 0) is 42.3 Å². The third-order valence-corrected chi connectivity index (χ3v) is 7.40. The fraction of sp³-hybridized carbons (Fsp3) is 0.333. The molecule has 0 saturated carbocycles. The maximum absolute atomic E-state index is 12.9.